The Morgan fingerprint density at radius 1 is 1.58 bits per heavy atom. The maximum atomic E-state index is 9.44. The maximum absolute atomic E-state index is 9.44. The first-order chi connectivity index (χ1) is 5.72. The molecule has 2 rings (SSSR count). The van der Waals surface area contributed by atoms with Crippen LogP contribution in [0, 0.1) is 0 Å². The Hall–Kier alpha value is -0.850. The van der Waals surface area contributed by atoms with Crippen LogP contribution in [0.3, 0.4) is 0 Å². The average molecular weight is 174 g/mol. The highest BCUT2D eigenvalue weighted by Gasteiger charge is 2.48. The van der Waals surface area contributed by atoms with Crippen LogP contribution in [0.4, 0.5) is 0 Å². The molecule has 6 heteroatoms. The molecular formula is C6H10N2O4. The molecule has 68 valence electrons. The summed E-state index contributed by atoms with van der Waals surface area (Å²) >= 11 is 0. The molecule has 0 aromatic heterocycles. The molecule has 0 aromatic rings. The molecule has 0 bridgehead atoms. The molecule has 0 amide bonds. The average Bonchev–Trinajstić information content (AvgIpc) is 2.51. The van der Waals surface area contributed by atoms with Gasteiger partial charge in [0.05, 0.1) is 6.61 Å². The van der Waals surface area contributed by atoms with Gasteiger partial charge in [-0.1, -0.05) is 0 Å². The summed E-state index contributed by atoms with van der Waals surface area (Å²) in [6, 6.07) is 0.0282. The van der Waals surface area contributed by atoms with Crippen LogP contribution in [0.2, 0.25) is 0 Å². The molecule has 0 saturated carbocycles. The third kappa shape index (κ3) is 0.961. The van der Waals surface area contributed by atoms with E-state index in [2.05, 4.69) is 4.99 Å². The first-order valence-corrected chi connectivity index (χ1v) is 3.66. The largest absolute Gasteiger partial charge is 0.454 e. The van der Waals surface area contributed by atoms with Gasteiger partial charge in [0.2, 0.25) is 0 Å². The summed E-state index contributed by atoms with van der Waals surface area (Å²) in [5.74, 6) is 0. The van der Waals surface area contributed by atoms with Crippen molar-refractivity contribution in [2.75, 3.05) is 6.61 Å². The summed E-state index contributed by atoms with van der Waals surface area (Å²) in [4.78, 5) is 3.78. The lowest BCUT2D eigenvalue weighted by molar-refractivity contribution is -0.0206. The fourth-order valence-electron chi connectivity index (χ4n) is 1.40. The van der Waals surface area contributed by atoms with Crippen molar-refractivity contribution in [3.05, 3.63) is 0 Å². The molecule has 0 spiro atoms. The number of nitrogens with two attached hydrogens (primary N) is 1. The molecule has 1 saturated heterocycles. The van der Waals surface area contributed by atoms with Crippen molar-refractivity contribution in [1.82, 2.24) is 0 Å². The molecule has 0 unspecified atom stereocenters. The topological polar surface area (TPSA) is 97.3 Å². The van der Waals surface area contributed by atoms with Gasteiger partial charge in [-0.05, 0) is 0 Å². The predicted molar refractivity (Wildman–Crippen MR) is 38.2 cm³/mol. The number of aliphatic hydroxyl groups is 2. The number of amidine groups is 1. The monoisotopic (exact) mass is 174 g/mol. The second-order valence-corrected chi connectivity index (χ2v) is 2.79. The number of rotatable bonds is 1. The van der Waals surface area contributed by atoms with Crippen LogP contribution in [-0.2, 0) is 9.47 Å². The van der Waals surface area contributed by atoms with Crippen molar-refractivity contribution in [3.63, 3.8) is 0 Å². The van der Waals surface area contributed by atoms with Crippen molar-refractivity contribution in [3.8, 4) is 0 Å². The minimum atomic E-state index is -0.857. The molecule has 2 aliphatic rings. The van der Waals surface area contributed by atoms with E-state index in [1.54, 1.807) is 0 Å². The summed E-state index contributed by atoms with van der Waals surface area (Å²) in [7, 11) is 0. The van der Waals surface area contributed by atoms with E-state index >= 15 is 0 Å². The summed E-state index contributed by atoms with van der Waals surface area (Å²) in [6.45, 7) is -0.243. The number of aliphatic hydroxyl groups excluding tert-OH is 2. The number of ether oxygens (including phenoxy) is 2. The zero-order valence-electron chi connectivity index (χ0n) is 6.25. The van der Waals surface area contributed by atoms with E-state index in [0.717, 1.165) is 0 Å². The lowest BCUT2D eigenvalue weighted by Gasteiger charge is -2.13. The molecule has 2 heterocycles. The normalized spacial score (nSPS) is 45.3. The van der Waals surface area contributed by atoms with Crippen LogP contribution in [0.5, 0.6) is 0 Å². The summed E-state index contributed by atoms with van der Waals surface area (Å²) in [6.07, 6.45) is -2.58. The van der Waals surface area contributed by atoms with Gasteiger partial charge >= 0.3 is 0 Å². The molecule has 6 nitrogen and oxygen atoms in total. The lowest BCUT2D eigenvalue weighted by Crippen LogP contribution is -2.35. The van der Waals surface area contributed by atoms with Crippen LogP contribution < -0.4 is 5.73 Å². The lowest BCUT2D eigenvalue weighted by atomic mass is 10.1. The Kier molecular flexibility index (Phi) is 1.67. The minimum Gasteiger partial charge on any atom is -0.454 e. The molecule has 4 atom stereocenters. The number of hydrogen-bond donors (Lipinski definition) is 3. The van der Waals surface area contributed by atoms with E-state index in [-0.39, 0.29) is 12.6 Å². The Balaban J connectivity index is 2.10. The van der Waals surface area contributed by atoms with Gasteiger partial charge in [-0.2, -0.15) is 4.99 Å². The van der Waals surface area contributed by atoms with Crippen LogP contribution in [-0.4, -0.2) is 47.4 Å². The van der Waals surface area contributed by atoms with E-state index in [0.29, 0.717) is 0 Å². The van der Waals surface area contributed by atoms with E-state index < -0.39 is 24.5 Å². The standard InChI is InChI=1S/C6H10N2O4/c7-6-8-5-4(12-6)3(10)2(1-9)11-5/h2-5,9-10H,1H2,(H2,7,8)/t2-,3-,4+,5-/m0/s1. The van der Waals surface area contributed by atoms with Crippen molar-refractivity contribution >= 4 is 6.02 Å². The molecular weight excluding hydrogens is 164 g/mol. The fraction of sp³-hybridized carbons (Fsp3) is 0.833. The number of aliphatic imine (C=N–C) groups is 1. The summed E-state index contributed by atoms with van der Waals surface area (Å²) < 4.78 is 10.1. The number of nitrogens with zero attached hydrogens (tertiary/aromatic N) is 1. The van der Waals surface area contributed by atoms with Gasteiger partial charge in [0, 0.05) is 0 Å². The highest BCUT2D eigenvalue weighted by Crippen LogP contribution is 2.28. The van der Waals surface area contributed by atoms with Gasteiger partial charge < -0.3 is 25.4 Å². The molecule has 1 fully saturated rings. The third-order valence-electron chi connectivity index (χ3n) is 2.00. The summed E-state index contributed by atoms with van der Waals surface area (Å²) in [5, 5.41) is 18.2. The van der Waals surface area contributed by atoms with Crippen molar-refractivity contribution in [2.24, 2.45) is 10.7 Å². The van der Waals surface area contributed by atoms with Crippen molar-refractivity contribution in [1.29, 1.82) is 0 Å². The van der Waals surface area contributed by atoms with Crippen LogP contribution in [0.15, 0.2) is 4.99 Å². The predicted octanol–water partition coefficient (Wildman–Crippen LogP) is -2.22. The minimum absolute atomic E-state index is 0.0282. The number of fused-ring (bicyclic) bond motifs is 1. The fourth-order valence-corrected chi connectivity index (χ4v) is 1.40. The van der Waals surface area contributed by atoms with Crippen LogP contribution in [0.1, 0.15) is 0 Å². The van der Waals surface area contributed by atoms with Gasteiger partial charge in [0.25, 0.3) is 6.02 Å². The van der Waals surface area contributed by atoms with E-state index in [1.807, 2.05) is 0 Å². The van der Waals surface area contributed by atoms with Gasteiger partial charge in [-0.15, -0.1) is 0 Å². The molecule has 0 radical (unpaired) electrons. The summed E-state index contributed by atoms with van der Waals surface area (Å²) in [5.41, 5.74) is 5.25. The SMILES string of the molecule is NC1=N[C@H]2O[C@@H](CO)[C@H](O)[C@H]2O1. The van der Waals surface area contributed by atoms with Crippen molar-refractivity contribution in [2.45, 2.75) is 24.5 Å². The van der Waals surface area contributed by atoms with E-state index in [1.165, 1.54) is 0 Å². The molecule has 0 aromatic carbocycles. The highest BCUT2D eigenvalue weighted by molar-refractivity contribution is 5.73. The quantitative estimate of drug-likeness (QED) is 0.418. The van der Waals surface area contributed by atoms with Crippen LogP contribution in [0.25, 0.3) is 0 Å². The maximum Gasteiger partial charge on any atom is 0.285 e. The molecule has 4 N–H and O–H groups in total. The van der Waals surface area contributed by atoms with Gasteiger partial charge in [-0.25, -0.2) is 0 Å². The van der Waals surface area contributed by atoms with E-state index in [9.17, 15) is 5.11 Å². The first kappa shape index (κ1) is 7.78. The van der Waals surface area contributed by atoms with Gasteiger partial charge in [0.15, 0.2) is 12.3 Å². The molecule has 2 aliphatic heterocycles. The Bertz CT molecular complexity index is 220. The second-order valence-electron chi connectivity index (χ2n) is 2.79. The Morgan fingerprint density at radius 3 is 2.92 bits per heavy atom. The van der Waals surface area contributed by atoms with E-state index in [4.69, 9.17) is 20.3 Å². The van der Waals surface area contributed by atoms with Gasteiger partial charge in [0.1, 0.15) is 12.2 Å². The smallest absolute Gasteiger partial charge is 0.285 e. The van der Waals surface area contributed by atoms with Crippen molar-refractivity contribution < 1.29 is 19.7 Å². The second kappa shape index (κ2) is 2.58. The first-order valence-electron chi connectivity index (χ1n) is 3.66. The Morgan fingerprint density at radius 2 is 2.33 bits per heavy atom. The zero-order chi connectivity index (χ0) is 8.72. The van der Waals surface area contributed by atoms with Gasteiger partial charge in [-0.3, -0.25) is 0 Å². The van der Waals surface area contributed by atoms with Crippen LogP contribution >= 0.6 is 0 Å². The zero-order valence-corrected chi connectivity index (χ0v) is 6.25. The molecule has 0 aliphatic carbocycles. The Labute approximate surface area is 68.6 Å². The highest BCUT2D eigenvalue weighted by atomic mass is 16.6. The third-order valence-corrected chi connectivity index (χ3v) is 2.00. The molecule has 12 heavy (non-hydrogen) atoms. The number of hydrogen-bond acceptors (Lipinski definition) is 6.